The van der Waals surface area contributed by atoms with Gasteiger partial charge in [-0.15, -0.1) is 0 Å². The summed E-state index contributed by atoms with van der Waals surface area (Å²) in [6, 6.07) is 7.57. The fourth-order valence-corrected chi connectivity index (χ4v) is 4.05. The summed E-state index contributed by atoms with van der Waals surface area (Å²) in [6.07, 6.45) is 7.76. The number of carbonyl (C=O) groups excluding carboxylic acids is 2. The van der Waals surface area contributed by atoms with Crippen LogP contribution < -0.4 is 5.32 Å². The van der Waals surface area contributed by atoms with Gasteiger partial charge in [0.25, 0.3) is 5.91 Å². The number of aromatic nitrogens is 2. The van der Waals surface area contributed by atoms with Crippen LogP contribution in [0.1, 0.15) is 41.2 Å². The first-order chi connectivity index (χ1) is 12.1. The lowest BCUT2D eigenvalue weighted by molar-refractivity contribution is -0.121. The van der Waals surface area contributed by atoms with E-state index in [1.807, 2.05) is 47.0 Å². The molecule has 2 aromatic heterocycles. The van der Waals surface area contributed by atoms with E-state index in [9.17, 15) is 9.59 Å². The number of aryl methyl sites for hydroxylation is 1. The van der Waals surface area contributed by atoms with Gasteiger partial charge < -0.3 is 14.8 Å². The van der Waals surface area contributed by atoms with E-state index < -0.39 is 0 Å². The molecule has 4 heterocycles. The van der Waals surface area contributed by atoms with Crippen LogP contribution in [0.15, 0.2) is 42.9 Å². The molecule has 2 aliphatic heterocycles. The number of amides is 2. The predicted molar refractivity (Wildman–Crippen MR) is 93.0 cm³/mol. The first-order valence-electron chi connectivity index (χ1n) is 8.71. The summed E-state index contributed by atoms with van der Waals surface area (Å²) in [7, 11) is 1.88. The highest BCUT2D eigenvalue weighted by atomic mass is 16.2. The summed E-state index contributed by atoms with van der Waals surface area (Å²) in [6.45, 7) is 1.34. The molecule has 2 amide bonds. The summed E-state index contributed by atoms with van der Waals surface area (Å²) in [4.78, 5) is 31.1. The van der Waals surface area contributed by atoms with Crippen LogP contribution in [0.5, 0.6) is 0 Å². The van der Waals surface area contributed by atoms with Crippen LogP contribution in [0, 0.1) is 0 Å². The molecule has 4 rings (SSSR count). The van der Waals surface area contributed by atoms with E-state index in [2.05, 4.69) is 10.3 Å². The topological polar surface area (TPSA) is 67.2 Å². The first kappa shape index (κ1) is 15.9. The van der Waals surface area contributed by atoms with Crippen LogP contribution >= 0.6 is 0 Å². The molecule has 2 aliphatic rings. The van der Waals surface area contributed by atoms with Crippen molar-refractivity contribution >= 4 is 11.8 Å². The molecule has 130 valence electrons. The van der Waals surface area contributed by atoms with Crippen molar-refractivity contribution in [3.63, 3.8) is 0 Å². The lowest BCUT2D eigenvalue weighted by atomic mass is 9.82. The summed E-state index contributed by atoms with van der Waals surface area (Å²) in [5.41, 5.74) is 1.49. The maximum absolute atomic E-state index is 12.6. The highest BCUT2D eigenvalue weighted by Gasteiger charge is 2.46. The summed E-state index contributed by atoms with van der Waals surface area (Å²) >= 11 is 0. The molecule has 1 atom stereocenters. The Morgan fingerprint density at radius 1 is 1.28 bits per heavy atom. The Hall–Kier alpha value is -2.63. The number of pyridine rings is 1. The fourth-order valence-electron chi connectivity index (χ4n) is 4.05. The van der Waals surface area contributed by atoms with E-state index in [0.717, 1.165) is 24.8 Å². The molecule has 1 spiro atoms. The third kappa shape index (κ3) is 2.81. The number of rotatable bonds is 2. The number of piperidine rings is 1. The van der Waals surface area contributed by atoms with Crippen LogP contribution in [-0.4, -0.2) is 44.9 Å². The summed E-state index contributed by atoms with van der Waals surface area (Å²) in [5.74, 6) is 0.00881. The quantitative estimate of drug-likeness (QED) is 0.906. The van der Waals surface area contributed by atoms with Crippen LogP contribution in [0.3, 0.4) is 0 Å². The van der Waals surface area contributed by atoms with Crippen LogP contribution in [0.2, 0.25) is 0 Å². The van der Waals surface area contributed by atoms with Gasteiger partial charge in [0.1, 0.15) is 5.69 Å². The molecule has 0 bridgehead atoms. The van der Waals surface area contributed by atoms with Crippen LogP contribution in [0.25, 0.3) is 0 Å². The third-order valence-corrected chi connectivity index (χ3v) is 5.56. The monoisotopic (exact) mass is 338 g/mol. The number of likely N-dealkylation sites (tertiary alicyclic amines) is 1. The molecule has 1 N–H and O–H groups in total. The Labute approximate surface area is 146 Å². The normalized spacial score (nSPS) is 22.2. The van der Waals surface area contributed by atoms with Gasteiger partial charge in [0, 0.05) is 44.3 Å². The lowest BCUT2D eigenvalue weighted by Crippen LogP contribution is -2.52. The largest absolute Gasteiger partial charge is 0.350 e. The lowest BCUT2D eigenvalue weighted by Gasteiger charge is -2.39. The minimum atomic E-state index is -0.192. The Bertz CT molecular complexity index is 791. The molecule has 0 aromatic carbocycles. The molecule has 0 saturated carbocycles. The van der Waals surface area contributed by atoms with Crippen molar-refractivity contribution in [3.05, 3.63) is 54.1 Å². The number of nitrogens with one attached hydrogen (secondary N) is 1. The number of hydrogen-bond acceptors (Lipinski definition) is 3. The van der Waals surface area contributed by atoms with Crippen LogP contribution in [0.4, 0.5) is 0 Å². The molecule has 2 aromatic rings. The highest BCUT2D eigenvalue weighted by Crippen LogP contribution is 2.39. The molecule has 6 nitrogen and oxygen atoms in total. The van der Waals surface area contributed by atoms with Gasteiger partial charge in [-0.2, -0.15) is 0 Å². The van der Waals surface area contributed by atoms with Crippen LogP contribution in [-0.2, 0) is 11.8 Å². The number of nitrogens with zero attached hydrogens (tertiary/aromatic N) is 3. The zero-order valence-electron chi connectivity index (χ0n) is 14.3. The predicted octanol–water partition coefficient (Wildman–Crippen LogP) is 1.70. The maximum Gasteiger partial charge on any atom is 0.270 e. The molecule has 6 heteroatoms. The Kier molecular flexibility index (Phi) is 3.82. The van der Waals surface area contributed by atoms with E-state index in [1.165, 1.54) is 0 Å². The maximum atomic E-state index is 12.6. The van der Waals surface area contributed by atoms with Crippen molar-refractivity contribution in [2.24, 2.45) is 7.05 Å². The van der Waals surface area contributed by atoms with Crippen molar-refractivity contribution in [2.75, 3.05) is 13.1 Å². The van der Waals surface area contributed by atoms with E-state index in [-0.39, 0.29) is 23.3 Å². The third-order valence-electron chi connectivity index (χ3n) is 5.56. The number of hydrogen-bond donors (Lipinski definition) is 1. The minimum Gasteiger partial charge on any atom is -0.350 e. The van der Waals surface area contributed by atoms with Gasteiger partial charge in [-0.1, -0.05) is 6.07 Å². The average Bonchev–Trinajstić information content (AvgIpc) is 3.19. The molecule has 2 fully saturated rings. The molecule has 0 radical (unpaired) electrons. The van der Waals surface area contributed by atoms with Crippen molar-refractivity contribution < 1.29 is 9.59 Å². The van der Waals surface area contributed by atoms with Gasteiger partial charge in [0.15, 0.2) is 0 Å². The van der Waals surface area contributed by atoms with Crippen molar-refractivity contribution in [3.8, 4) is 0 Å². The Balaban J connectivity index is 1.44. The van der Waals surface area contributed by atoms with Crippen molar-refractivity contribution in [1.82, 2.24) is 19.8 Å². The fraction of sp³-hybridized carbons (Fsp3) is 0.421. The average molecular weight is 338 g/mol. The second-order valence-electron chi connectivity index (χ2n) is 7.11. The highest BCUT2D eigenvalue weighted by molar-refractivity contribution is 5.93. The molecule has 2 saturated heterocycles. The minimum absolute atomic E-state index is 0.0653. The Morgan fingerprint density at radius 2 is 2.08 bits per heavy atom. The van der Waals surface area contributed by atoms with Gasteiger partial charge in [-0.3, -0.25) is 14.6 Å². The second-order valence-corrected chi connectivity index (χ2v) is 7.11. The molecule has 25 heavy (non-hydrogen) atoms. The summed E-state index contributed by atoms with van der Waals surface area (Å²) < 4.78 is 1.85. The standard InChI is InChI=1S/C19H22N4O2/c1-22-9-3-5-16(22)18(25)23-10-6-19(7-11-23)12-15(17(24)21-19)14-4-2-8-20-13-14/h2-5,8-9,13,15H,6-7,10-12H2,1H3,(H,21,24). The second kappa shape index (κ2) is 6.02. The van der Waals surface area contributed by atoms with E-state index in [4.69, 9.17) is 0 Å². The van der Waals surface area contributed by atoms with E-state index in [1.54, 1.807) is 12.4 Å². The molecular formula is C19H22N4O2. The van der Waals surface area contributed by atoms with E-state index >= 15 is 0 Å². The van der Waals surface area contributed by atoms with Gasteiger partial charge in [0.2, 0.25) is 5.91 Å². The van der Waals surface area contributed by atoms with Crippen molar-refractivity contribution in [2.45, 2.75) is 30.7 Å². The van der Waals surface area contributed by atoms with Crippen molar-refractivity contribution in [1.29, 1.82) is 0 Å². The molecule has 1 unspecified atom stereocenters. The Morgan fingerprint density at radius 3 is 2.72 bits per heavy atom. The summed E-state index contributed by atoms with van der Waals surface area (Å²) in [5, 5.41) is 3.21. The first-order valence-corrected chi connectivity index (χ1v) is 8.71. The zero-order valence-corrected chi connectivity index (χ0v) is 14.3. The smallest absolute Gasteiger partial charge is 0.270 e. The van der Waals surface area contributed by atoms with Gasteiger partial charge in [0.05, 0.1) is 5.92 Å². The zero-order chi connectivity index (χ0) is 17.4. The van der Waals surface area contributed by atoms with Gasteiger partial charge in [-0.25, -0.2) is 0 Å². The molecule has 0 aliphatic carbocycles. The van der Waals surface area contributed by atoms with Gasteiger partial charge >= 0.3 is 0 Å². The molecular weight excluding hydrogens is 316 g/mol. The SMILES string of the molecule is Cn1cccc1C(=O)N1CCC2(CC1)CC(c1cccnc1)C(=O)N2. The van der Waals surface area contributed by atoms with Gasteiger partial charge in [-0.05, 0) is 43.0 Å². The number of carbonyl (C=O) groups is 2. The van der Waals surface area contributed by atoms with E-state index in [0.29, 0.717) is 18.8 Å².